The van der Waals surface area contributed by atoms with Crippen LogP contribution in [0, 0.1) is 19.8 Å². The van der Waals surface area contributed by atoms with Crippen molar-refractivity contribution < 1.29 is 9.26 Å². The number of hydrogen-bond acceptors (Lipinski definition) is 6. The fourth-order valence-corrected chi connectivity index (χ4v) is 3.37. The van der Waals surface area contributed by atoms with E-state index in [4.69, 9.17) is 9.26 Å². The third kappa shape index (κ3) is 3.23. The van der Waals surface area contributed by atoms with Gasteiger partial charge in [0.15, 0.2) is 5.82 Å². The van der Waals surface area contributed by atoms with E-state index in [1.54, 1.807) is 0 Å². The molecule has 0 amide bonds. The van der Waals surface area contributed by atoms with Gasteiger partial charge in [-0.25, -0.2) is 0 Å². The van der Waals surface area contributed by atoms with Crippen LogP contribution in [0.3, 0.4) is 0 Å². The van der Waals surface area contributed by atoms with E-state index in [9.17, 15) is 0 Å². The van der Waals surface area contributed by atoms with E-state index in [2.05, 4.69) is 41.3 Å². The van der Waals surface area contributed by atoms with Gasteiger partial charge in [-0.1, -0.05) is 12.1 Å². The Kier molecular flexibility index (Phi) is 5.01. The first kappa shape index (κ1) is 17.1. The zero-order valence-corrected chi connectivity index (χ0v) is 15.2. The molecular formula is C17H27N5O2. The van der Waals surface area contributed by atoms with Crippen molar-refractivity contribution in [3.05, 3.63) is 28.7 Å². The van der Waals surface area contributed by atoms with Crippen LogP contribution in [0.15, 0.2) is 4.52 Å². The normalized spacial score (nSPS) is 22.2. The molecule has 7 heteroatoms. The summed E-state index contributed by atoms with van der Waals surface area (Å²) in [5, 5.41) is 12.0. The number of nitrogens with zero attached hydrogens (tertiary/aromatic N) is 4. The molecule has 24 heavy (non-hydrogen) atoms. The molecule has 1 aliphatic rings. The quantitative estimate of drug-likeness (QED) is 0.875. The summed E-state index contributed by atoms with van der Waals surface area (Å²) in [6.45, 7) is 9.88. The maximum absolute atomic E-state index is 6.04. The van der Waals surface area contributed by atoms with Crippen molar-refractivity contribution in [2.24, 2.45) is 13.0 Å². The van der Waals surface area contributed by atoms with E-state index in [0.717, 1.165) is 37.5 Å². The summed E-state index contributed by atoms with van der Waals surface area (Å²) >= 11 is 0. The molecule has 3 rings (SSSR count). The second-order valence-electron chi connectivity index (χ2n) is 6.58. The number of nitrogens with one attached hydrogen (secondary N) is 1. The van der Waals surface area contributed by atoms with Crippen molar-refractivity contribution in [2.75, 3.05) is 13.2 Å². The monoisotopic (exact) mass is 333 g/mol. The Hall–Kier alpha value is -1.73. The van der Waals surface area contributed by atoms with Gasteiger partial charge in [0.25, 0.3) is 0 Å². The summed E-state index contributed by atoms with van der Waals surface area (Å²) < 4.78 is 13.3. The second kappa shape index (κ2) is 7.03. The van der Waals surface area contributed by atoms with Crippen LogP contribution in [0.4, 0.5) is 0 Å². The second-order valence-corrected chi connectivity index (χ2v) is 6.58. The molecule has 132 valence electrons. The lowest BCUT2D eigenvalue weighted by Crippen LogP contribution is -2.28. The molecule has 7 nitrogen and oxygen atoms in total. The van der Waals surface area contributed by atoms with Gasteiger partial charge in [0.1, 0.15) is 0 Å². The zero-order chi connectivity index (χ0) is 17.3. The molecule has 2 aromatic heterocycles. The molecule has 3 atom stereocenters. The SMILES string of the molecule is CCc1noc([C@H](C)NC[C@@H]2CCO[C@@H]2c2c(C)nn(C)c2C)n1. The number of ether oxygens (including phenoxy) is 1. The topological polar surface area (TPSA) is 78.0 Å². The molecule has 3 heterocycles. The van der Waals surface area contributed by atoms with Gasteiger partial charge in [0, 0.05) is 43.8 Å². The molecule has 0 spiro atoms. The summed E-state index contributed by atoms with van der Waals surface area (Å²) in [6.07, 6.45) is 1.93. The van der Waals surface area contributed by atoms with Crippen LogP contribution < -0.4 is 5.32 Å². The van der Waals surface area contributed by atoms with Crippen molar-refractivity contribution in [1.29, 1.82) is 0 Å². The first-order chi connectivity index (χ1) is 11.5. The molecule has 0 aliphatic carbocycles. The largest absolute Gasteiger partial charge is 0.373 e. The Balaban J connectivity index is 1.66. The molecule has 0 aromatic carbocycles. The summed E-state index contributed by atoms with van der Waals surface area (Å²) in [7, 11) is 1.98. The fourth-order valence-electron chi connectivity index (χ4n) is 3.37. The fraction of sp³-hybridized carbons (Fsp3) is 0.706. The third-order valence-corrected chi connectivity index (χ3v) is 4.92. The predicted molar refractivity (Wildman–Crippen MR) is 89.6 cm³/mol. The first-order valence-electron chi connectivity index (χ1n) is 8.68. The zero-order valence-electron chi connectivity index (χ0n) is 15.2. The van der Waals surface area contributed by atoms with E-state index in [0.29, 0.717) is 11.8 Å². The van der Waals surface area contributed by atoms with Gasteiger partial charge < -0.3 is 14.6 Å². The Labute approximate surface area is 142 Å². The van der Waals surface area contributed by atoms with E-state index >= 15 is 0 Å². The van der Waals surface area contributed by atoms with Crippen molar-refractivity contribution in [3.63, 3.8) is 0 Å². The number of aromatic nitrogens is 4. The van der Waals surface area contributed by atoms with Crippen LogP contribution in [0.1, 0.15) is 61.1 Å². The highest BCUT2D eigenvalue weighted by Crippen LogP contribution is 2.37. The van der Waals surface area contributed by atoms with Crippen molar-refractivity contribution in [1.82, 2.24) is 25.2 Å². The number of rotatable bonds is 6. The summed E-state index contributed by atoms with van der Waals surface area (Å²) in [5.41, 5.74) is 3.48. The van der Waals surface area contributed by atoms with Crippen LogP contribution in [-0.4, -0.2) is 33.1 Å². The van der Waals surface area contributed by atoms with Crippen molar-refractivity contribution in [2.45, 2.75) is 52.7 Å². The highest BCUT2D eigenvalue weighted by Gasteiger charge is 2.33. The first-order valence-corrected chi connectivity index (χ1v) is 8.68. The van der Waals surface area contributed by atoms with Gasteiger partial charge in [0.2, 0.25) is 5.89 Å². The molecule has 1 N–H and O–H groups in total. The maximum Gasteiger partial charge on any atom is 0.243 e. The molecule has 0 saturated carbocycles. The Morgan fingerprint density at radius 2 is 2.17 bits per heavy atom. The standard InChI is InChI=1S/C17H27N5O2/c1-6-14-19-17(24-21-14)11(3)18-9-13-7-8-23-16(13)15-10(2)20-22(5)12(15)4/h11,13,16,18H,6-9H2,1-5H3/t11-,13-,16-/m0/s1. The highest BCUT2D eigenvalue weighted by atomic mass is 16.5. The van der Waals surface area contributed by atoms with Gasteiger partial charge in [0.05, 0.1) is 17.8 Å². The van der Waals surface area contributed by atoms with Crippen LogP contribution in [0.2, 0.25) is 0 Å². The molecule has 1 fully saturated rings. The third-order valence-electron chi connectivity index (χ3n) is 4.92. The molecular weight excluding hydrogens is 306 g/mol. The molecule has 0 radical (unpaired) electrons. The molecule has 1 aliphatic heterocycles. The van der Waals surface area contributed by atoms with Crippen molar-refractivity contribution in [3.8, 4) is 0 Å². The van der Waals surface area contributed by atoms with Crippen LogP contribution >= 0.6 is 0 Å². The van der Waals surface area contributed by atoms with E-state index < -0.39 is 0 Å². The lowest BCUT2D eigenvalue weighted by molar-refractivity contribution is 0.0885. The van der Waals surface area contributed by atoms with Gasteiger partial charge in [-0.2, -0.15) is 10.1 Å². The maximum atomic E-state index is 6.04. The van der Waals surface area contributed by atoms with E-state index in [1.807, 2.05) is 18.7 Å². The lowest BCUT2D eigenvalue weighted by Gasteiger charge is -2.21. The smallest absolute Gasteiger partial charge is 0.243 e. The summed E-state index contributed by atoms with van der Waals surface area (Å²) in [5.74, 6) is 1.82. The van der Waals surface area contributed by atoms with Gasteiger partial charge >= 0.3 is 0 Å². The van der Waals surface area contributed by atoms with Crippen LogP contribution in [-0.2, 0) is 18.2 Å². The van der Waals surface area contributed by atoms with Gasteiger partial charge in [-0.05, 0) is 27.2 Å². The van der Waals surface area contributed by atoms with Gasteiger partial charge in [-0.15, -0.1) is 0 Å². The van der Waals surface area contributed by atoms with Crippen LogP contribution in [0.5, 0.6) is 0 Å². The minimum Gasteiger partial charge on any atom is -0.373 e. The van der Waals surface area contributed by atoms with E-state index in [-0.39, 0.29) is 12.1 Å². The molecule has 0 unspecified atom stereocenters. The number of hydrogen-bond donors (Lipinski definition) is 1. The van der Waals surface area contributed by atoms with Crippen LogP contribution in [0.25, 0.3) is 0 Å². The minimum atomic E-state index is 0.0372. The average molecular weight is 333 g/mol. The molecule has 1 saturated heterocycles. The van der Waals surface area contributed by atoms with Gasteiger partial charge in [-0.3, -0.25) is 4.68 Å². The molecule has 2 aromatic rings. The Morgan fingerprint density at radius 1 is 1.38 bits per heavy atom. The molecule has 0 bridgehead atoms. The number of aryl methyl sites for hydroxylation is 3. The Bertz CT molecular complexity index is 693. The predicted octanol–water partition coefficient (Wildman–Crippen LogP) is 2.41. The van der Waals surface area contributed by atoms with E-state index in [1.165, 1.54) is 11.3 Å². The Morgan fingerprint density at radius 3 is 2.79 bits per heavy atom. The minimum absolute atomic E-state index is 0.0372. The average Bonchev–Trinajstić information content (AvgIpc) is 3.26. The highest BCUT2D eigenvalue weighted by molar-refractivity contribution is 5.28. The summed E-state index contributed by atoms with van der Waals surface area (Å²) in [4.78, 5) is 4.40. The lowest BCUT2D eigenvalue weighted by atomic mass is 9.93. The van der Waals surface area contributed by atoms with Crippen molar-refractivity contribution >= 4 is 0 Å². The summed E-state index contributed by atoms with van der Waals surface area (Å²) in [6, 6.07) is 0.0372.